The number of thioether (sulfide) groups is 1. The summed E-state index contributed by atoms with van der Waals surface area (Å²) in [6.45, 7) is 2.09. The van der Waals surface area contributed by atoms with E-state index in [1.807, 2.05) is 53.4 Å². The minimum absolute atomic E-state index is 0.0871. The van der Waals surface area contributed by atoms with E-state index in [0.29, 0.717) is 36.0 Å². The number of hydrogen-bond donors (Lipinski definition) is 1. The van der Waals surface area contributed by atoms with Gasteiger partial charge in [0.2, 0.25) is 5.91 Å². The van der Waals surface area contributed by atoms with Crippen LogP contribution in [0.4, 0.5) is 0 Å². The molecule has 2 amide bonds. The number of hydrogen-bond acceptors (Lipinski definition) is 5. The Bertz CT molecular complexity index is 1020. The van der Waals surface area contributed by atoms with Crippen molar-refractivity contribution in [3.8, 4) is 0 Å². The van der Waals surface area contributed by atoms with Gasteiger partial charge >= 0.3 is 0 Å². The molecule has 31 heavy (non-hydrogen) atoms. The van der Waals surface area contributed by atoms with E-state index in [9.17, 15) is 9.59 Å². The molecular weight excluding hydrogens is 410 g/mol. The molecule has 162 valence electrons. The summed E-state index contributed by atoms with van der Waals surface area (Å²) in [5.74, 6) is 0.750. The first-order valence-electron chi connectivity index (χ1n) is 10.8. The van der Waals surface area contributed by atoms with Gasteiger partial charge < -0.3 is 14.6 Å². The maximum Gasteiger partial charge on any atom is 0.257 e. The van der Waals surface area contributed by atoms with E-state index in [1.54, 1.807) is 0 Å². The number of oxazole rings is 1. The Kier molecular flexibility index (Phi) is 7.25. The largest absolute Gasteiger partial charge is 0.431 e. The Balaban J connectivity index is 1.29. The van der Waals surface area contributed by atoms with Gasteiger partial charge in [-0.25, -0.2) is 4.98 Å². The Morgan fingerprint density at radius 3 is 2.84 bits per heavy atom. The highest BCUT2D eigenvalue weighted by Crippen LogP contribution is 2.27. The van der Waals surface area contributed by atoms with Crippen LogP contribution in [-0.4, -0.2) is 41.3 Å². The third-order valence-corrected chi connectivity index (χ3v) is 6.33. The number of carbonyl (C=O) groups excluding carboxylic acids is 2. The summed E-state index contributed by atoms with van der Waals surface area (Å²) >= 11 is 1.48. The Labute approximate surface area is 186 Å². The molecule has 0 atom stereocenters. The molecule has 1 aliphatic rings. The van der Waals surface area contributed by atoms with Crippen molar-refractivity contribution in [1.82, 2.24) is 15.2 Å². The normalized spacial score (nSPS) is 14.6. The number of likely N-dealkylation sites (tertiary alicyclic amines) is 1. The van der Waals surface area contributed by atoms with Crippen LogP contribution in [0.15, 0.2) is 58.2 Å². The van der Waals surface area contributed by atoms with Crippen LogP contribution in [0.3, 0.4) is 0 Å². The minimum atomic E-state index is -0.0871. The van der Waals surface area contributed by atoms with Crippen LogP contribution < -0.4 is 5.32 Å². The maximum atomic E-state index is 12.7. The van der Waals surface area contributed by atoms with Crippen molar-refractivity contribution in [2.75, 3.05) is 19.6 Å². The molecule has 4 rings (SSSR count). The number of aromatic nitrogens is 1. The van der Waals surface area contributed by atoms with E-state index in [1.165, 1.54) is 11.8 Å². The second-order valence-corrected chi connectivity index (χ2v) is 8.62. The van der Waals surface area contributed by atoms with E-state index in [2.05, 4.69) is 10.3 Å². The van der Waals surface area contributed by atoms with Gasteiger partial charge in [-0.15, -0.1) is 0 Å². The van der Waals surface area contributed by atoms with Crippen LogP contribution in [-0.2, 0) is 10.5 Å². The average molecular weight is 438 g/mol. The molecule has 1 saturated heterocycles. The summed E-state index contributed by atoms with van der Waals surface area (Å²) in [5, 5.41) is 3.60. The van der Waals surface area contributed by atoms with Gasteiger partial charge in [-0.2, -0.15) is 0 Å². The van der Waals surface area contributed by atoms with Gasteiger partial charge in [0.15, 0.2) is 5.58 Å². The lowest BCUT2D eigenvalue weighted by molar-refractivity contribution is -0.130. The number of nitrogens with zero attached hydrogens (tertiary/aromatic N) is 2. The lowest BCUT2D eigenvalue weighted by Crippen LogP contribution is -2.34. The molecular formula is C24H27N3O3S. The molecule has 0 radical (unpaired) electrons. The maximum absolute atomic E-state index is 12.7. The predicted octanol–water partition coefficient (Wildman–Crippen LogP) is 4.64. The van der Waals surface area contributed by atoms with Crippen molar-refractivity contribution in [3.63, 3.8) is 0 Å². The summed E-state index contributed by atoms with van der Waals surface area (Å²) in [5.41, 5.74) is 3.20. The fourth-order valence-electron chi connectivity index (χ4n) is 3.76. The van der Waals surface area contributed by atoms with Gasteiger partial charge in [-0.05, 0) is 43.0 Å². The van der Waals surface area contributed by atoms with Crippen LogP contribution in [0.25, 0.3) is 11.1 Å². The standard InChI is InChI=1S/C24H27N3O3S/c28-22-13-2-1-7-15-27(22)16-8-14-25-23(29)19-10-4-3-9-18(19)17-31-24-26-20-11-5-6-12-21(20)30-24/h3-6,9-12H,1-2,7-8,13-17H2,(H,25,29). The average Bonchev–Trinajstić information content (AvgIpc) is 3.10. The number of carbonyl (C=O) groups is 2. The first kappa shape index (κ1) is 21.4. The lowest BCUT2D eigenvalue weighted by atomic mass is 10.1. The highest BCUT2D eigenvalue weighted by Gasteiger charge is 2.16. The van der Waals surface area contributed by atoms with Crippen molar-refractivity contribution in [2.45, 2.75) is 43.1 Å². The zero-order valence-electron chi connectivity index (χ0n) is 17.5. The topological polar surface area (TPSA) is 75.4 Å². The highest BCUT2D eigenvalue weighted by atomic mass is 32.2. The molecule has 3 aromatic rings. The number of fused-ring (bicyclic) bond motifs is 1. The number of benzene rings is 2. The summed E-state index contributed by atoms with van der Waals surface area (Å²) in [7, 11) is 0. The first-order valence-corrected chi connectivity index (χ1v) is 11.8. The van der Waals surface area contributed by atoms with Crippen molar-refractivity contribution in [3.05, 3.63) is 59.7 Å². The molecule has 0 aliphatic carbocycles. The molecule has 1 N–H and O–H groups in total. The molecule has 1 fully saturated rings. The van der Waals surface area contributed by atoms with E-state index in [4.69, 9.17) is 4.42 Å². The first-order chi connectivity index (χ1) is 15.2. The molecule has 1 aliphatic heterocycles. The fourth-order valence-corrected chi connectivity index (χ4v) is 4.60. The molecule has 1 aromatic heterocycles. The van der Waals surface area contributed by atoms with Gasteiger partial charge in [-0.3, -0.25) is 9.59 Å². The van der Waals surface area contributed by atoms with E-state index in [-0.39, 0.29) is 11.8 Å². The smallest absolute Gasteiger partial charge is 0.257 e. The SMILES string of the molecule is O=C(NCCCN1CCCCCC1=O)c1ccccc1CSc1nc2ccccc2o1. The van der Waals surface area contributed by atoms with Crippen LogP contribution in [0.1, 0.15) is 48.0 Å². The third kappa shape index (κ3) is 5.67. The van der Waals surface area contributed by atoms with Crippen LogP contribution in [0, 0.1) is 0 Å². The van der Waals surface area contributed by atoms with E-state index < -0.39 is 0 Å². The van der Waals surface area contributed by atoms with Crippen LogP contribution in [0.2, 0.25) is 0 Å². The number of rotatable bonds is 8. The molecule has 0 bridgehead atoms. The zero-order valence-corrected chi connectivity index (χ0v) is 18.3. The molecule has 0 unspecified atom stereocenters. The van der Waals surface area contributed by atoms with Gasteiger partial charge in [0.1, 0.15) is 5.52 Å². The molecule has 6 nitrogen and oxygen atoms in total. The van der Waals surface area contributed by atoms with Crippen LogP contribution in [0.5, 0.6) is 0 Å². The molecule has 2 aromatic carbocycles. The van der Waals surface area contributed by atoms with Crippen molar-refractivity contribution in [1.29, 1.82) is 0 Å². The molecule has 0 spiro atoms. The van der Waals surface area contributed by atoms with Crippen molar-refractivity contribution >= 4 is 34.7 Å². The predicted molar refractivity (Wildman–Crippen MR) is 122 cm³/mol. The molecule has 0 saturated carbocycles. The summed E-state index contributed by atoms with van der Waals surface area (Å²) < 4.78 is 5.76. The quantitative estimate of drug-likeness (QED) is 0.410. The van der Waals surface area contributed by atoms with Crippen LogP contribution >= 0.6 is 11.8 Å². The minimum Gasteiger partial charge on any atom is -0.431 e. The number of amides is 2. The highest BCUT2D eigenvalue weighted by molar-refractivity contribution is 7.98. The van der Waals surface area contributed by atoms with E-state index in [0.717, 1.165) is 48.9 Å². The van der Waals surface area contributed by atoms with Gasteiger partial charge in [-0.1, -0.05) is 48.5 Å². The van der Waals surface area contributed by atoms with Crippen molar-refractivity contribution in [2.24, 2.45) is 0 Å². The summed E-state index contributed by atoms with van der Waals surface area (Å²) in [6, 6.07) is 15.3. The van der Waals surface area contributed by atoms with Gasteiger partial charge in [0.25, 0.3) is 11.1 Å². The van der Waals surface area contributed by atoms with Gasteiger partial charge in [0, 0.05) is 37.4 Å². The second kappa shape index (κ2) is 10.5. The number of nitrogens with one attached hydrogen (secondary N) is 1. The lowest BCUT2D eigenvalue weighted by Gasteiger charge is -2.20. The number of para-hydroxylation sites is 2. The Morgan fingerprint density at radius 2 is 1.94 bits per heavy atom. The van der Waals surface area contributed by atoms with E-state index >= 15 is 0 Å². The monoisotopic (exact) mass is 437 g/mol. The molecule has 2 heterocycles. The summed E-state index contributed by atoms with van der Waals surface area (Å²) in [4.78, 5) is 31.2. The van der Waals surface area contributed by atoms with Crippen molar-refractivity contribution < 1.29 is 14.0 Å². The Hall–Kier alpha value is -2.80. The zero-order chi connectivity index (χ0) is 21.5. The summed E-state index contributed by atoms with van der Waals surface area (Å²) in [6.07, 6.45) is 4.60. The third-order valence-electron chi connectivity index (χ3n) is 5.45. The fraction of sp³-hybridized carbons (Fsp3) is 0.375. The second-order valence-electron chi connectivity index (χ2n) is 7.69. The Morgan fingerprint density at radius 1 is 1.10 bits per heavy atom. The van der Waals surface area contributed by atoms with Gasteiger partial charge in [0.05, 0.1) is 0 Å². The molecule has 7 heteroatoms.